The van der Waals surface area contributed by atoms with Crippen LogP contribution in [0.5, 0.6) is 0 Å². The first-order valence-corrected chi connectivity index (χ1v) is 11.9. The maximum atomic E-state index is 10.6. The summed E-state index contributed by atoms with van der Waals surface area (Å²) < 4.78 is 75.3. The first-order valence-electron chi connectivity index (χ1n) is 11.9. The predicted molar refractivity (Wildman–Crippen MR) is 120 cm³/mol. The highest BCUT2D eigenvalue weighted by atomic mass is 19.4. The van der Waals surface area contributed by atoms with Gasteiger partial charge in [0.05, 0.1) is 12.7 Å². The molecule has 0 spiro atoms. The molecule has 0 unspecified atom stereocenters. The van der Waals surface area contributed by atoms with E-state index in [0.717, 1.165) is 46.0 Å². The SMILES string of the molecule is O=C(O)C(F)(F)F.O=C(O)C(F)(F)F.c1cncc(CN2CCO[C@@H]3CN(C4CCOCC4)CC[C@@H]3C2)c1. The lowest BCUT2D eigenvalue weighted by molar-refractivity contribution is -0.193. The number of fused-ring (bicyclic) bond motifs is 1. The molecule has 9 nitrogen and oxygen atoms in total. The summed E-state index contributed by atoms with van der Waals surface area (Å²) in [5.41, 5.74) is 1.30. The van der Waals surface area contributed by atoms with Crippen LogP contribution in [0.25, 0.3) is 0 Å². The van der Waals surface area contributed by atoms with E-state index in [4.69, 9.17) is 29.3 Å². The van der Waals surface area contributed by atoms with Gasteiger partial charge in [0.25, 0.3) is 0 Å². The second-order valence-electron chi connectivity index (χ2n) is 9.00. The lowest BCUT2D eigenvalue weighted by Gasteiger charge is -2.43. The van der Waals surface area contributed by atoms with E-state index in [1.54, 1.807) is 0 Å². The Labute approximate surface area is 215 Å². The fourth-order valence-electron chi connectivity index (χ4n) is 4.42. The number of halogens is 6. The Morgan fingerprint density at radius 3 is 2.08 bits per heavy atom. The number of aromatic nitrogens is 1. The van der Waals surface area contributed by atoms with Crippen LogP contribution in [0.15, 0.2) is 24.5 Å². The fraction of sp³-hybridized carbons (Fsp3) is 0.696. The molecule has 3 aliphatic heterocycles. The summed E-state index contributed by atoms with van der Waals surface area (Å²) >= 11 is 0. The van der Waals surface area contributed by atoms with Gasteiger partial charge in [-0.1, -0.05) is 6.07 Å². The number of pyridine rings is 1. The normalized spacial score (nSPS) is 23.5. The second kappa shape index (κ2) is 14.6. The average Bonchev–Trinajstić information content (AvgIpc) is 3.06. The molecular formula is C23H31F6N3O6. The summed E-state index contributed by atoms with van der Waals surface area (Å²) in [4.78, 5) is 27.2. The van der Waals surface area contributed by atoms with Gasteiger partial charge >= 0.3 is 24.3 Å². The summed E-state index contributed by atoms with van der Waals surface area (Å²) in [6, 6.07) is 4.90. The van der Waals surface area contributed by atoms with E-state index >= 15 is 0 Å². The van der Waals surface area contributed by atoms with Gasteiger partial charge in [0.1, 0.15) is 0 Å². The Morgan fingerprint density at radius 2 is 1.55 bits per heavy atom. The molecule has 2 N–H and O–H groups in total. The molecule has 3 aliphatic rings. The molecule has 1 aromatic rings. The van der Waals surface area contributed by atoms with Crippen molar-refractivity contribution in [3.63, 3.8) is 0 Å². The molecule has 0 amide bonds. The number of nitrogens with zero attached hydrogens (tertiary/aromatic N) is 3. The molecule has 0 aromatic carbocycles. The van der Waals surface area contributed by atoms with Gasteiger partial charge in [-0.25, -0.2) is 9.59 Å². The number of carboxylic acids is 2. The summed E-state index contributed by atoms with van der Waals surface area (Å²) in [6.07, 6.45) is -2.31. The van der Waals surface area contributed by atoms with E-state index in [2.05, 4.69) is 20.9 Å². The molecule has 3 saturated heterocycles. The van der Waals surface area contributed by atoms with Crippen LogP contribution in [0.1, 0.15) is 24.8 Å². The third-order valence-electron chi connectivity index (χ3n) is 6.28. The molecule has 2 atom stereocenters. The number of alkyl halides is 6. The zero-order chi connectivity index (χ0) is 28.3. The number of likely N-dealkylation sites (tertiary alicyclic amines) is 1. The van der Waals surface area contributed by atoms with Crippen molar-refractivity contribution in [3.8, 4) is 0 Å². The van der Waals surface area contributed by atoms with Gasteiger partial charge in [-0.2, -0.15) is 26.3 Å². The molecule has 4 heterocycles. The van der Waals surface area contributed by atoms with E-state index in [9.17, 15) is 26.3 Å². The van der Waals surface area contributed by atoms with Crippen LogP contribution in [0, 0.1) is 5.92 Å². The number of hydrogen-bond donors (Lipinski definition) is 2. The van der Waals surface area contributed by atoms with Gasteiger partial charge in [0.15, 0.2) is 0 Å². The molecule has 38 heavy (non-hydrogen) atoms. The van der Waals surface area contributed by atoms with Crippen LogP contribution in [0.4, 0.5) is 26.3 Å². The zero-order valence-corrected chi connectivity index (χ0v) is 20.5. The monoisotopic (exact) mass is 559 g/mol. The van der Waals surface area contributed by atoms with Crippen molar-refractivity contribution in [2.24, 2.45) is 5.92 Å². The van der Waals surface area contributed by atoms with E-state index in [1.807, 2.05) is 18.5 Å². The van der Waals surface area contributed by atoms with E-state index < -0.39 is 24.3 Å². The van der Waals surface area contributed by atoms with E-state index in [-0.39, 0.29) is 0 Å². The van der Waals surface area contributed by atoms with Gasteiger partial charge < -0.3 is 19.7 Å². The minimum atomic E-state index is -5.08. The van der Waals surface area contributed by atoms with Crippen LogP contribution in [-0.2, 0) is 25.6 Å². The molecule has 3 fully saturated rings. The highest BCUT2D eigenvalue weighted by Gasteiger charge is 2.39. The number of hydrogen-bond acceptors (Lipinski definition) is 7. The van der Waals surface area contributed by atoms with Gasteiger partial charge in [-0.3, -0.25) is 14.8 Å². The summed E-state index contributed by atoms with van der Waals surface area (Å²) in [7, 11) is 0. The van der Waals surface area contributed by atoms with Gasteiger partial charge in [-0.05, 0) is 37.4 Å². The maximum Gasteiger partial charge on any atom is 0.490 e. The zero-order valence-electron chi connectivity index (χ0n) is 20.5. The van der Waals surface area contributed by atoms with Crippen LogP contribution in [0.2, 0.25) is 0 Å². The maximum absolute atomic E-state index is 10.6. The molecular weight excluding hydrogens is 528 g/mol. The van der Waals surface area contributed by atoms with Crippen LogP contribution in [-0.4, -0.2) is 107 Å². The standard InChI is InChI=1S/C19H29N3O2.2C2HF3O2/c1-2-16(12-20-6-1)13-21-8-11-24-19-15-22(7-3-17(19)14-21)18-4-9-23-10-5-18;2*3-2(4,5)1(6)7/h1-2,6,12,17-19H,3-5,7-11,13-15H2;2*(H,6,7)/t17-,19-;;/m1../s1. The van der Waals surface area contributed by atoms with Gasteiger partial charge in [-0.15, -0.1) is 0 Å². The molecule has 4 rings (SSSR count). The van der Waals surface area contributed by atoms with E-state index in [0.29, 0.717) is 18.1 Å². The Kier molecular flexibility index (Phi) is 12.2. The Hall–Kier alpha value is -2.49. The summed E-state index contributed by atoms with van der Waals surface area (Å²) in [6.45, 7) is 8.20. The minimum Gasteiger partial charge on any atom is -0.475 e. The Bertz CT molecular complexity index is 843. The number of aliphatic carboxylic acids is 2. The lowest BCUT2D eigenvalue weighted by atomic mass is 9.91. The number of carbonyl (C=O) groups is 2. The molecule has 15 heteroatoms. The molecule has 0 radical (unpaired) electrons. The van der Waals surface area contributed by atoms with Gasteiger partial charge in [0, 0.05) is 63.7 Å². The highest BCUT2D eigenvalue weighted by molar-refractivity contribution is 5.73. The largest absolute Gasteiger partial charge is 0.490 e. The highest BCUT2D eigenvalue weighted by Crippen LogP contribution is 2.28. The fourth-order valence-corrected chi connectivity index (χ4v) is 4.42. The van der Waals surface area contributed by atoms with Crippen LogP contribution in [0.3, 0.4) is 0 Å². The number of ether oxygens (including phenoxy) is 2. The third-order valence-corrected chi connectivity index (χ3v) is 6.28. The van der Waals surface area contributed by atoms with Crippen molar-refractivity contribution in [1.82, 2.24) is 14.8 Å². The average molecular weight is 560 g/mol. The summed E-state index contributed by atoms with van der Waals surface area (Å²) in [5.74, 6) is -4.85. The smallest absolute Gasteiger partial charge is 0.475 e. The van der Waals surface area contributed by atoms with Crippen LogP contribution >= 0.6 is 0 Å². The molecule has 0 saturated carbocycles. The Balaban J connectivity index is 0.000000301. The molecule has 0 aliphatic carbocycles. The Morgan fingerprint density at radius 1 is 0.947 bits per heavy atom. The van der Waals surface area contributed by atoms with Gasteiger partial charge in [0.2, 0.25) is 0 Å². The minimum absolute atomic E-state index is 0.403. The number of carboxylic acid groups (broad SMARTS) is 2. The number of piperidine rings is 1. The predicted octanol–water partition coefficient (Wildman–Crippen LogP) is 3.05. The number of rotatable bonds is 3. The van der Waals surface area contributed by atoms with Crippen molar-refractivity contribution < 1.29 is 55.6 Å². The lowest BCUT2D eigenvalue weighted by Crippen LogP contribution is -2.51. The van der Waals surface area contributed by atoms with Crippen molar-refractivity contribution in [2.75, 3.05) is 46.0 Å². The summed E-state index contributed by atoms with van der Waals surface area (Å²) in [5, 5.41) is 14.2. The first-order chi connectivity index (χ1) is 17.8. The quantitative estimate of drug-likeness (QED) is 0.540. The van der Waals surface area contributed by atoms with E-state index in [1.165, 1.54) is 31.4 Å². The molecule has 0 bridgehead atoms. The first kappa shape index (κ1) is 31.7. The van der Waals surface area contributed by atoms with Crippen molar-refractivity contribution in [3.05, 3.63) is 30.1 Å². The van der Waals surface area contributed by atoms with Crippen molar-refractivity contribution in [1.29, 1.82) is 0 Å². The van der Waals surface area contributed by atoms with Crippen molar-refractivity contribution in [2.45, 2.75) is 50.3 Å². The second-order valence-corrected chi connectivity index (χ2v) is 9.00. The topological polar surface area (TPSA) is 112 Å². The third kappa shape index (κ3) is 11.1. The van der Waals surface area contributed by atoms with Crippen LogP contribution < -0.4 is 0 Å². The molecule has 216 valence electrons. The van der Waals surface area contributed by atoms with Crippen molar-refractivity contribution >= 4 is 11.9 Å². The molecule has 1 aromatic heterocycles.